The number of Topliss-reactive ketones (excluding diaryl/α,β-unsaturated/α-hetero) is 1. The molecule has 0 bridgehead atoms. The molecular formula is C12H15N2O. The summed E-state index contributed by atoms with van der Waals surface area (Å²) in [5.74, 6) is 0.121. The van der Waals surface area contributed by atoms with Crippen molar-refractivity contribution in [1.82, 2.24) is 5.32 Å². The van der Waals surface area contributed by atoms with E-state index in [-0.39, 0.29) is 5.78 Å². The Morgan fingerprint density at radius 2 is 1.80 bits per heavy atom. The Kier molecular flexibility index (Phi) is 3.02. The van der Waals surface area contributed by atoms with Crippen LogP contribution in [-0.4, -0.2) is 32.0 Å². The normalized spacial score (nSPS) is 16.5. The predicted octanol–water partition coefficient (Wildman–Crippen LogP) is 1.31. The molecule has 0 aliphatic carbocycles. The lowest BCUT2D eigenvalue weighted by Gasteiger charge is -2.28. The van der Waals surface area contributed by atoms with Gasteiger partial charge in [-0.25, -0.2) is 5.32 Å². The SMILES string of the molecule is CC(=O)c1ccc(N2CC[N]CC2)cc1. The van der Waals surface area contributed by atoms with E-state index >= 15 is 0 Å². The first-order chi connectivity index (χ1) is 7.27. The highest BCUT2D eigenvalue weighted by molar-refractivity contribution is 5.94. The highest BCUT2D eigenvalue weighted by atomic mass is 16.1. The van der Waals surface area contributed by atoms with Gasteiger partial charge in [0, 0.05) is 37.4 Å². The minimum Gasteiger partial charge on any atom is -0.369 e. The van der Waals surface area contributed by atoms with Crippen LogP contribution in [0.2, 0.25) is 0 Å². The van der Waals surface area contributed by atoms with Gasteiger partial charge in [0.15, 0.2) is 5.78 Å². The largest absolute Gasteiger partial charge is 0.369 e. The Morgan fingerprint density at radius 1 is 1.20 bits per heavy atom. The number of ketones is 1. The lowest BCUT2D eigenvalue weighted by Crippen LogP contribution is -2.40. The molecule has 3 nitrogen and oxygen atoms in total. The topological polar surface area (TPSA) is 34.4 Å². The number of hydrogen-bond acceptors (Lipinski definition) is 2. The summed E-state index contributed by atoms with van der Waals surface area (Å²) in [6.07, 6.45) is 0. The van der Waals surface area contributed by atoms with Crippen LogP contribution < -0.4 is 10.2 Å². The van der Waals surface area contributed by atoms with Crippen LogP contribution in [0.15, 0.2) is 24.3 Å². The highest BCUT2D eigenvalue weighted by Crippen LogP contribution is 2.16. The van der Waals surface area contributed by atoms with Crippen LogP contribution in [0.3, 0.4) is 0 Å². The van der Waals surface area contributed by atoms with Crippen LogP contribution in [0.5, 0.6) is 0 Å². The number of hydrogen-bond donors (Lipinski definition) is 0. The minimum atomic E-state index is 0.121. The third-order valence-electron chi connectivity index (χ3n) is 2.70. The van der Waals surface area contributed by atoms with Gasteiger partial charge in [-0.3, -0.25) is 4.79 Å². The van der Waals surface area contributed by atoms with Gasteiger partial charge in [-0.05, 0) is 31.2 Å². The van der Waals surface area contributed by atoms with Gasteiger partial charge in [0.25, 0.3) is 0 Å². The molecule has 1 aromatic rings. The maximum atomic E-state index is 11.1. The van der Waals surface area contributed by atoms with Gasteiger partial charge in [0.2, 0.25) is 0 Å². The van der Waals surface area contributed by atoms with E-state index in [2.05, 4.69) is 10.2 Å². The van der Waals surface area contributed by atoms with Crippen molar-refractivity contribution >= 4 is 11.5 Å². The molecule has 1 fully saturated rings. The first-order valence-corrected chi connectivity index (χ1v) is 5.26. The molecular weight excluding hydrogens is 188 g/mol. The summed E-state index contributed by atoms with van der Waals surface area (Å²) in [6, 6.07) is 7.82. The molecule has 3 heteroatoms. The Labute approximate surface area is 90.1 Å². The number of nitrogens with zero attached hydrogens (tertiary/aromatic N) is 2. The Bertz CT molecular complexity index is 339. The number of benzene rings is 1. The fourth-order valence-corrected chi connectivity index (χ4v) is 1.77. The molecule has 1 aromatic carbocycles. The summed E-state index contributed by atoms with van der Waals surface area (Å²) in [7, 11) is 0. The highest BCUT2D eigenvalue weighted by Gasteiger charge is 2.10. The average molecular weight is 203 g/mol. The number of anilines is 1. The van der Waals surface area contributed by atoms with Gasteiger partial charge >= 0.3 is 0 Å². The Hall–Kier alpha value is -1.35. The quantitative estimate of drug-likeness (QED) is 0.679. The van der Waals surface area contributed by atoms with Crippen molar-refractivity contribution in [3.8, 4) is 0 Å². The summed E-state index contributed by atoms with van der Waals surface area (Å²) in [6.45, 7) is 5.39. The van der Waals surface area contributed by atoms with E-state index < -0.39 is 0 Å². The summed E-state index contributed by atoms with van der Waals surface area (Å²) >= 11 is 0. The number of rotatable bonds is 2. The third kappa shape index (κ3) is 2.36. The van der Waals surface area contributed by atoms with E-state index in [1.807, 2.05) is 24.3 Å². The molecule has 1 aliphatic rings. The van der Waals surface area contributed by atoms with Crippen molar-refractivity contribution in [2.24, 2.45) is 0 Å². The molecule has 0 N–H and O–H groups in total. The molecule has 0 amide bonds. The second kappa shape index (κ2) is 4.45. The lowest BCUT2D eigenvalue weighted by molar-refractivity contribution is 0.101. The van der Waals surface area contributed by atoms with Gasteiger partial charge in [0.1, 0.15) is 0 Å². The molecule has 0 spiro atoms. The van der Waals surface area contributed by atoms with Gasteiger partial charge in [-0.1, -0.05) is 0 Å². The maximum Gasteiger partial charge on any atom is 0.159 e. The summed E-state index contributed by atoms with van der Waals surface area (Å²) in [4.78, 5) is 13.4. The summed E-state index contributed by atoms with van der Waals surface area (Å²) < 4.78 is 0. The van der Waals surface area contributed by atoms with E-state index in [0.717, 1.165) is 31.7 Å². The molecule has 1 radical (unpaired) electrons. The zero-order valence-electron chi connectivity index (χ0n) is 8.94. The fraction of sp³-hybridized carbons (Fsp3) is 0.417. The first-order valence-electron chi connectivity index (χ1n) is 5.26. The van der Waals surface area contributed by atoms with E-state index in [1.54, 1.807) is 6.92 Å². The molecule has 0 aromatic heterocycles. The Balaban J connectivity index is 2.11. The monoisotopic (exact) mass is 203 g/mol. The van der Waals surface area contributed by atoms with Gasteiger partial charge in [-0.15, -0.1) is 0 Å². The molecule has 1 aliphatic heterocycles. The zero-order chi connectivity index (χ0) is 10.7. The maximum absolute atomic E-state index is 11.1. The average Bonchev–Trinajstić information content (AvgIpc) is 2.30. The predicted molar refractivity (Wildman–Crippen MR) is 60.5 cm³/mol. The van der Waals surface area contributed by atoms with Crippen molar-refractivity contribution in [3.63, 3.8) is 0 Å². The van der Waals surface area contributed by atoms with E-state index in [4.69, 9.17) is 0 Å². The van der Waals surface area contributed by atoms with Gasteiger partial charge in [-0.2, -0.15) is 0 Å². The second-order valence-electron chi connectivity index (χ2n) is 3.76. The molecule has 0 unspecified atom stereocenters. The van der Waals surface area contributed by atoms with Crippen LogP contribution in [0.4, 0.5) is 5.69 Å². The number of carbonyl (C=O) groups excluding carboxylic acids is 1. The molecule has 1 heterocycles. The van der Waals surface area contributed by atoms with E-state index in [0.29, 0.717) is 0 Å². The van der Waals surface area contributed by atoms with E-state index in [1.165, 1.54) is 5.69 Å². The smallest absolute Gasteiger partial charge is 0.159 e. The van der Waals surface area contributed by atoms with Crippen LogP contribution in [0.25, 0.3) is 0 Å². The summed E-state index contributed by atoms with van der Waals surface area (Å²) in [5.41, 5.74) is 1.97. The molecule has 15 heavy (non-hydrogen) atoms. The van der Waals surface area contributed by atoms with Crippen LogP contribution in [0.1, 0.15) is 17.3 Å². The van der Waals surface area contributed by atoms with Crippen molar-refractivity contribution < 1.29 is 4.79 Å². The standard InChI is InChI=1S/C12H15N2O/c1-10(15)11-2-4-12(5-3-11)14-8-6-13-7-9-14/h2-5H,6-9H2,1H3. The minimum absolute atomic E-state index is 0.121. The number of piperazine rings is 1. The fourth-order valence-electron chi connectivity index (χ4n) is 1.77. The molecule has 1 saturated heterocycles. The van der Waals surface area contributed by atoms with Crippen molar-refractivity contribution in [3.05, 3.63) is 29.8 Å². The first kappa shape index (κ1) is 10.2. The van der Waals surface area contributed by atoms with Crippen molar-refractivity contribution in [2.75, 3.05) is 31.1 Å². The molecule has 0 atom stereocenters. The molecule has 2 rings (SSSR count). The van der Waals surface area contributed by atoms with Crippen LogP contribution >= 0.6 is 0 Å². The van der Waals surface area contributed by atoms with Crippen LogP contribution in [0, 0.1) is 0 Å². The zero-order valence-corrected chi connectivity index (χ0v) is 8.94. The van der Waals surface area contributed by atoms with Gasteiger partial charge in [0.05, 0.1) is 0 Å². The number of carbonyl (C=O) groups is 1. The third-order valence-corrected chi connectivity index (χ3v) is 2.70. The lowest BCUT2D eigenvalue weighted by atomic mass is 10.1. The molecule has 79 valence electrons. The molecule has 0 saturated carbocycles. The van der Waals surface area contributed by atoms with Crippen molar-refractivity contribution in [1.29, 1.82) is 0 Å². The second-order valence-corrected chi connectivity index (χ2v) is 3.76. The Morgan fingerprint density at radius 3 is 2.33 bits per heavy atom. The van der Waals surface area contributed by atoms with Gasteiger partial charge < -0.3 is 4.90 Å². The summed E-state index contributed by atoms with van der Waals surface area (Å²) in [5, 5.41) is 4.30. The van der Waals surface area contributed by atoms with Crippen molar-refractivity contribution in [2.45, 2.75) is 6.92 Å². The van der Waals surface area contributed by atoms with Crippen LogP contribution in [-0.2, 0) is 0 Å². The van der Waals surface area contributed by atoms with E-state index in [9.17, 15) is 4.79 Å².